The van der Waals surface area contributed by atoms with Crippen LogP contribution in [-0.2, 0) is 11.3 Å². The molecule has 0 saturated carbocycles. The van der Waals surface area contributed by atoms with E-state index < -0.39 is 0 Å². The number of nitrogens with zero attached hydrogens (tertiary/aromatic N) is 2. The van der Waals surface area contributed by atoms with Crippen LogP contribution in [0.5, 0.6) is 0 Å². The van der Waals surface area contributed by atoms with Crippen molar-refractivity contribution < 1.29 is 9.18 Å². The van der Waals surface area contributed by atoms with E-state index >= 15 is 0 Å². The Balaban J connectivity index is 1.37. The van der Waals surface area contributed by atoms with Gasteiger partial charge in [0.25, 0.3) is 0 Å². The van der Waals surface area contributed by atoms with Crippen molar-refractivity contribution in [1.82, 2.24) is 15.1 Å². The number of benzene rings is 2. The van der Waals surface area contributed by atoms with Gasteiger partial charge in [-0.2, -0.15) is 0 Å². The second-order valence-electron chi connectivity index (χ2n) is 6.73. The van der Waals surface area contributed by atoms with Crippen molar-refractivity contribution in [2.45, 2.75) is 6.54 Å². The molecule has 0 radical (unpaired) electrons. The maximum atomic E-state index is 14.0. The smallest absolute Gasteiger partial charge is 0.234 e. The third-order valence-electron chi connectivity index (χ3n) is 4.62. The Morgan fingerprint density at radius 2 is 1.79 bits per heavy atom. The molecule has 3 rings (SSSR count). The summed E-state index contributed by atoms with van der Waals surface area (Å²) in [5, 5.41) is 2.84. The van der Waals surface area contributed by atoms with E-state index in [4.69, 9.17) is 0 Å². The monoisotopic (exact) mass is 443 g/mol. The SMILES string of the molecule is O=C(CN1CCN(Cc2ccc(Br)cc2F)CC1)NCC#Cc1ccccc1. The molecule has 1 amide bonds. The summed E-state index contributed by atoms with van der Waals surface area (Å²) in [6.45, 7) is 4.52. The van der Waals surface area contributed by atoms with Crippen LogP contribution in [0.1, 0.15) is 11.1 Å². The lowest BCUT2D eigenvalue weighted by Gasteiger charge is -2.34. The molecule has 1 N–H and O–H groups in total. The summed E-state index contributed by atoms with van der Waals surface area (Å²) in [5.74, 6) is 5.78. The quantitative estimate of drug-likeness (QED) is 0.721. The molecule has 0 aromatic heterocycles. The summed E-state index contributed by atoms with van der Waals surface area (Å²) in [5.41, 5.74) is 1.64. The molecular formula is C22H23BrFN3O. The van der Waals surface area contributed by atoms with E-state index in [1.807, 2.05) is 42.5 Å². The summed E-state index contributed by atoms with van der Waals surface area (Å²) in [6.07, 6.45) is 0. The highest BCUT2D eigenvalue weighted by Crippen LogP contribution is 2.17. The van der Waals surface area contributed by atoms with Crippen LogP contribution < -0.4 is 5.32 Å². The lowest BCUT2D eigenvalue weighted by molar-refractivity contribution is -0.122. The first-order chi connectivity index (χ1) is 13.6. The number of amides is 1. The molecule has 6 heteroatoms. The van der Waals surface area contributed by atoms with E-state index in [0.29, 0.717) is 25.2 Å². The van der Waals surface area contributed by atoms with E-state index in [9.17, 15) is 9.18 Å². The second kappa shape index (κ2) is 10.4. The fraction of sp³-hybridized carbons (Fsp3) is 0.318. The first kappa shape index (κ1) is 20.5. The fourth-order valence-electron chi connectivity index (χ4n) is 3.07. The number of nitrogens with one attached hydrogen (secondary N) is 1. The van der Waals surface area contributed by atoms with Crippen LogP contribution >= 0.6 is 15.9 Å². The highest BCUT2D eigenvalue weighted by atomic mass is 79.9. The Labute approximate surface area is 173 Å². The van der Waals surface area contributed by atoms with Crippen LogP contribution in [0.2, 0.25) is 0 Å². The molecule has 1 aliphatic rings. The van der Waals surface area contributed by atoms with Gasteiger partial charge in [-0.15, -0.1) is 0 Å². The normalized spacial score (nSPS) is 14.9. The number of carbonyl (C=O) groups excluding carboxylic acids is 1. The third kappa shape index (κ3) is 6.45. The molecule has 1 aliphatic heterocycles. The zero-order chi connectivity index (χ0) is 19.8. The van der Waals surface area contributed by atoms with Gasteiger partial charge in [0.2, 0.25) is 5.91 Å². The van der Waals surface area contributed by atoms with Crippen molar-refractivity contribution in [3.05, 3.63) is 69.9 Å². The highest BCUT2D eigenvalue weighted by Gasteiger charge is 2.19. The van der Waals surface area contributed by atoms with Crippen molar-refractivity contribution in [3.8, 4) is 11.8 Å². The first-order valence-electron chi connectivity index (χ1n) is 9.29. The van der Waals surface area contributed by atoms with E-state index in [2.05, 4.69) is 42.9 Å². The van der Waals surface area contributed by atoms with Crippen LogP contribution in [0.4, 0.5) is 4.39 Å². The van der Waals surface area contributed by atoms with Crippen LogP contribution in [0.3, 0.4) is 0 Å². The minimum Gasteiger partial charge on any atom is -0.344 e. The van der Waals surface area contributed by atoms with Crippen molar-refractivity contribution in [2.24, 2.45) is 0 Å². The predicted octanol–water partition coefficient (Wildman–Crippen LogP) is 2.87. The summed E-state index contributed by atoms with van der Waals surface area (Å²) in [6, 6.07) is 14.9. The third-order valence-corrected chi connectivity index (χ3v) is 5.11. The molecule has 0 aliphatic carbocycles. The van der Waals surface area contributed by atoms with Crippen LogP contribution in [0, 0.1) is 17.7 Å². The summed E-state index contributed by atoms with van der Waals surface area (Å²) in [7, 11) is 0. The molecule has 2 aromatic carbocycles. The zero-order valence-corrected chi connectivity index (χ0v) is 17.2. The van der Waals surface area contributed by atoms with Crippen molar-refractivity contribution in [1.29, 1.82) is 0 Å². The summed E-state index contributed by atoms with van der Waals surface area (Å²) >= 11 is 3.28. The summed E-state index contributed by atoms with van der Waals surface area (Å²) < 4.78 is 14.7. The van der Waals surface area contributed by atoms with Gasteiger partial charge in [-0.1, -0.05) is 52.0 Å². The van der Waals surface area contributed by atoms with Crippen LogP contribution in [-0.4, -0.2) is 55.0 Å². The largest absolute Gasteiger partial charge is 0.344 e. The Morgan fingerprint density at radius 1 is 1.07 bits per heavy atom. The minimum atomic E-state index is -0.187. The Bertz CT molecular complexity index is 855. The molecule has 0 bridgehead atoms. The molecule has 28 heavy (non-hydrogen) atoms. The van der Waals surface area contributed by atoms with Crippen LogP contribution in [0.25, 0.3) is 0 Å². The molecule has 0 spiro atoms. The van der Waals surface area contributed by atoms with Gasteiger partial charge in [-0.25, -0.2) is 4.39 Å². The second-order valence-corrected chi connectivity index (χ2v) is 7.65. The van der Waals surface area contributed by atoms with Crippen molar-refractivity contribution in [3.63, 3.8) is 0 Å². The Hall–Kier alpha value is -2.20. The first-order valence-corrected chi connectivity index (χ1v) is 10.1. The number of hydrogen-bond acceptors (Lipinski definition) is 3. The minimum absolute atomic E-state index is 0.0187. The average molecular weight is 444 g/mol. The predicted molar refractivity (Wildman–Crippen MR) is 112 cm³/mol. The maximum Gasteiger partial charge on any atom is 0.234 e. The number of carbonyl (C=O) groups is 1. The highest BCUT2D eigenvalue weighted by molar-refractivity contribution is 9.10. The molecule has 146 valence electrons. The van der Waals surface area contributed by atoms with Gasteiger partial charge in [0.1, 0.15) is 5.82 Å². The number of rotatable bonds is 5. The molecule has 1 fully saturated rings. The molecule has 0 unspecified atom stereocenters. The van der Waals surface area contributed by atoms with Crippen molar-refractivity contribution >= 4 is 21.8 Å². The van der Waals surface area contributed by atoms with Gasteiger partial charge >= 0.3 is 0 Å². The van der Waals surface area contributed by atoms with Gasteiger partial charge in [0.15, 0.2) is 0 Å². The topological polar surface area (TPSA) is 35.6 Å². The van der Waals surface area contributed by atoms with Gasteiger partial charge in [-0.05, 0) is 24.3 Å². The van der Waals surface area contributed by atoms with E-state index in [-0.39, 0.29) is 11.7 Å². The van der Waals surface area contributed by atoms with Crippen molar-refractivity contribution in [2.75, 3.05) is 39.3 Å². The zero-order valence-electron chi connectivity index (χ0n) is 15.6. The molecule has 2 aromatic rings. The van der Waals surface area contributed by atoms with Gasteiger partial charge in [0, 0.05) is 48.3 Å². The van der Waals surface area contributed by atoms with E-state index in [0.717, 1.165) is 36.2 Å². The average Bonchev–Trinajstić information content (AvgIpc) is 2.70. The molecule has 1 saturated heterocycles. The standard InChI is InChI=1S/C22H23BrFN3O/c23-20-9-8-19(21(24)15-20)16-26-11-13-27(14-12-26)17-22(28)25-10-4-7-18-5-2-1-3-6-18/h1-3,5-6,8-9,15H,10-14,16-17H2,(H,25,28). The number of hydrogen-bond donors (Lipinski definition) is 1. The van der Waals surface area contributed by atoms with Crippen LogP contribution in [0.15, 0.2) is 53.0 Å². The van der Waals surface area contributed by atoms with Gasteiger partial charge in [0.05, 0.1) is 13.1 Å². The van der Waals surface area contributed by atoms with Gasteiger partial charge in [-0.3, -0.25) is 14.6 Å². The number of piperazine rings is 1. The molecule has 0 atom stereocenters. The summed E-state index contributed by atoms with van der Waals surface area (Å²) in [4.78, 5) is 16.4. The molecule has 1 heterocycles. The van der Waals surface area contributed by atoms with E-state index in [1.54, 1.807) is 0 Å². The lowest BCUT2D eigenvalue weighted by atomic mass is 10.2. The fourth-order valence-corrected chi connectivity index (χ4v) is 3.40. The Morgan fingerprint density at radius 3 is 2.50 bits per heavy atom. The van der Waals surface area contributed by atoms with E-state index in [1.165, 1.54) is 6.07 Å². The molecule has 4 nitrogen and oxygen atoms in total. The molecular weight excluding hydrogens is 421 g/mol. The number of halogens is 2. The Kier molecular flexibility index (Phi) is 7.61. The maximum absolute atomic E-state index is 14.0. The lowest BCUT2D eigenvalue weighted by Crippen LogP contribution is -2.49. The van der Waals surface area contributed by atoms with Gasteiger partial charge < -0.3 is 5.32 Å².